The van der Waals surface area contributed by atoms with Crippen molar-refractivity contribution in [1.82, 2.24) is 14.9 Å². The molecule has 0 spiro atoms. The Kier molecular flexibility index (Phi) is 8.26. The van der Waals surface area contributed by atoms with Gasteiger partial charge in [-0.15, -0.1) is 11.1 Å². The SMILES string of the molecule is CCN[SiH](Cl)NCN(CC)CC. The maximum Gasteiger partial charge on any atom is 0.287 e. The van der Waals surface area contributed by atoms with E-state index in [9.17, 15) is 0 Å². The lowest BCUT2D eigenvalue weighted by molar-refractivity contribution is 0.300. The second-order valence-corrected chi connectivity index (χ2v) is 5.44. The summed E-state index contributed by atoms with van der Waals surface area (Å²) in [5.41, 5.74) is 0. The van der Waals surface area contributed by atoms with Crippen LogP contribution in [-0.2, 0) is 0 Å². The molecule has 0 amide bonds. The van der Waals surface area contributed by atoms with Gasteiger partial charge in [0.25, 0.3) is 8.43 Å². The molecule has 5 heteroatoms. The second-order valence-electron chi connectivity index (χ2n) is 2.59. The highest BCUT2D eigenvalue weighted by atomic mass is 35.6. The van der Waals surface area contributed by atoms with Crippen LogP contribution in [0.25, 0.3) is 0 Å². The van der Waals surface area contributed by atoms with Crippen molar-refractivity contribution in [3.05, 3.63) is 0 Å². The van der Waals surface area contributed by atoms with Gasteiger partial charge in [-0.3, -0.25) is 4.90 Å². The van der Waals surface area contributed by atoms with Gasteiger partial charge in [0.05, 0.1) is 0 Å². The highest BCUT2D eigenvalue weighted by Gasteiger charge is 2.05. The van der Waals surface area contributed by atoms with E-state index in [0.717, 1.165) is 26.3 Å². The summed E-state index contributed by atoms with van der Waals surface area (Å²) >= 11 is 6.03. The minimum absolute atomic E-state index is 0.903. The standard InChI is InChI=1S/C7H20ClN3Si/c1-4-9-12(8)10-7-11(5-2)6-3/h9-10,12H,4-7H2,1-3H3. The summed E-state index contributed by atoms with van der Waals surface area (Å²) in [6, 6.07) is 0. The highest BCUT2D eigenvalue weighted by molar-refractivity contribution is 7.03. The monoisotopic (exact) mass is 209 g/mol. The average molecular weight is 210 g/mol. The molecule has 12 heavy (non-hydrogen) atoms. The van der Waals surface area contributed by atoms with Crippen LogP contribution >= 0.6 is 11.1 Å². The lowest BCUT2D eigenvalue weighted by atomic mass is 10.6. The molecule has 2 N–H and O–H groups in total. The van der Waals surface area contributed by atoms with Crippen LogP contribution in [0.5, 0.6) is 0 Å². The van der Waals surface area contributed by atoms with Gasteiger partial charge in [-0.25, -0.2) is 0 Å². The molecule has 0 aliphatic rings. The summed E-state index contributed by atoms with van der Waals surface area (Å²) in [6.45, 7) is 10.4. The van der Waals surface area contributed by atoms with Crippen molar-refractivity contribution >= 4 is 19.5 Å². The molecule has 0 aromatic heterocycles. The molecule has 0 aromatic carbocycles. The minimum Gasteiger partial charge on any atom is -0.316 e. The fourth-order valence-corrected chi connectivity index (χ4v) is 2.50. The number of rotatable bonds is 7. The number of hydrogen-bond donors (Lipinski definition) is 2. The van der Waals surface area contributed by atoms with E-state index in [2.05, 4.69) is 35.6 Å². The molecule has 0 fully saturated rings. The molecule has 1 unspecified atom stereocenters. The summed E-state index contributed by atoms with van der Waals surface area (Å²) in [5, 5.41) is 0. The van der Waals surface area contributed by atoms with Crippen molar-refractivity contribution in [2.45, 2.75) is 20.8 Å². The highest BCUT2D eigenvalue weighted by Crippen LogP contribution is 1.85. The zero-order chi connectivity index (χ0) is 9.40. The Morgan fingerprint density at radius 1 is 1.17 bits per heavy atom. The molecular formula is C7H20ClN3Si. The Morgan fingerprint density at radius 3 is 2.17 bits per heavy atom. The molecule has 0 aliphatic carbocycles. The van der Waals surface area contributed by atoms with Crippen molar-refractivity contribution in [1.29, 1.82) is 0 Å². The van der Waals surface area contributed by atoms with Crippen LogP contribution in [0.15, 0.2) is 0 Å². The Bertz CT molecular complexity index is 101. The fraction of sp³-hybridized carbons (Fsp3) is 1.00. The van der Waals surface area contributed by atoms with Gasteiger partial charge in [-0.2, -0.15) is 0 Å². The third-order valence-electron chi connectivity index (χ3n) is 1.77. The van der Waals surface area contributed by atoms with Crippen LogP contribution in [0.1, 0.15) is 20.8 Å². The zero-order valence-electron chi connectivity index (χ0n) is 8.23. The smallest absolute Gasteiger partial charge is 0.287 e. The van der Waals surface area contributed by atoms with Gasteiger partial charge in [0.15, 0.2) is 0 Å². The first-order valence-electron chi connectivity index (χ1n) is 4.57. The Hall–Kier alpha value is 0.387. The van der Waals surface area contributed by atoms with Crippen molar-refractivity contribution in [2.75, 3.05) is 26.3 Å². The molecule has 0 heterocycles. The second kappa shape index (κ2) is 8.01. The lowest BCUT2D eigenvalue weighted by Crippen LogP contribution is -2.47. The van der Waals surface area contributed by atoms with Crippen LogP contribution in [0, 0.1) is 0 Å². The normalized spacial score (nSPS) is 13.8. The Labute approximate surface area is 81.9 Å². The topological polar surface area (TPSA) is 27.3 Å². The molecule has 0 saturated carbocycles. The lowest BCUT2D eigenvalue weighted by Gasteiger charge is -2.20. The minimum atomic E-state index is -1.36. The number of hydrogen-bond acceptors (Lipinski definition) is 3. The molecule has 0 aromatic rings. The van der Waals surface area contributed by atoms with Crippen molar-refractivity contribution in [2.24, 2.45) is 0 Å². The summed E-state index contributed by atoms with van der Waals surface area (Å²) in [4.78, 5) is 8.83. The molecule has 0 saturated heterocycles. The van der Waals surface area contributed by atoms with Gasteiger partial charge in [0.1, 0.15) is 0 Å². The molecule has 0 bridgehead atoms. The van der Waals surface area contributed by atoms with Gasteiger partial charge in [0, 0.05) is 6.67 Å². The summed E-state index contributed by atoms with van der Waals surface area (Å²) in [7, 11) is -1.36. The first kappa shape index (κ1) is 12.4. The van der Waals surface area contributed by atoms with Crippen LogP contribution in [0.4, 0.5) is 0 Å². The van der Waals surface area contributed by atoms with Crippen molar-refractivity contribution < 1.29 is 0 Å². The van der Waals surface area contributed by atoms with E-state index in [1.807, 2.05) is 0 Å². The molecular weight excluding hydrogens is 190 g/mol. The first-order valence-corrected chi connectivity index (χ1v) is 7.47. The molecule has 74 valence electrons. The Morgan fingerprint density at radius 2 is 1.75 bits per heavy atom. The van der Waals surface area contributed by atoms with E-state index in [-0.39, 0.29) is 0 Å². The van der Waals surface area contributed by atoms with E-state index >= 15 is 0 Å². The van der Waals surface area contributed by atoms with E-state index in [0.29, 0.717) is 0 Å². The molecule has 3 nitrogen and oxygen atoms in total. The quantitative estimate of drug-likeness (QED) is 0.362. The Balaban J connectivity index is 3.37. The van der Waals surface area contributed by atoms with Crippen LogP contribution < -0.4 is 9.96 Å². The third-order valence-corrected chi connectivity index (χ3v) is 4.01. The van der Waals surface area contributed by atoms with Crippen LogP contribution in [-0.4, -0.2) is 39.6 Å². The van der Waals surface area contributed by atoms with Gasteiger partial charge in [-0.05, 0) is 19.6 Å². The van der Waals surface area contributed by atoms with Gasteiger partial charge >= 0.3 is 0 Å². The maximum atomic E-state index is 6.03. The van der Waals surface area contributed by atoms with Gasteiger partial charge < -0.3 is 9.96 Å². The summed E-state index contributed by atoms with van der Waals surface area (Å²) < 4.78 is 0. The molecule has 0 radical (unpaired) electrons. The molecule has 0 rings (SSSR count). The average Bonchev–Trinajstić information content (AvgIpc) is 2.07. The predicted molar refractivity (Wildman–Crippen MR) is 57.6 cm³/mol. The van der Waals surface area contributed by atoms with E-state index in [1.54, 1.807) is 0 Å². The van der Waals surface area contributed by atoms with Crippen molar-refractivity contribution in [3.8, 4) is 0 Å². The van der Waals surface area contributed by atoms with Gasteiger partial charge in [-0.1, -0.05) is 20.8 Å². The molecule has 0 aliphatic heterocycles. The van der Waals surface area contributed by atoms with E-state index in [4.69, 9.17) is 11.1 Å². The van der Waals surface area contributed by atoms with E-state index in [1.165, 1.54) is 0 Å². The zero-order valence-corrected chi connectivity index (χ0v) is 10.1. The van der Waals surface area contributed by atoms with Gasteiger partial charge in [0.2, 0.25) is 0 Å². The number of nitrogens with zero attached hydrogens (tertiary/aromatic N) is 1. The molecule has 1 atom stereocenters. The van der Waals surface area contributed by atoms with E-state index < -0.39 is 8.43 Å². The van der Waals surface area contributed by atoms with Crippen molar-refractivity contribution in [3.63, 3.8) is 0 Å². The van der Waals surface area contributed by atoms with Crippen LogP contribution in [0.3, 0.4) is 0 Å². The maximum absolute atomic E-state index is 6.03. The fourth-order valence-electron chi connectivity index (χ4n) is 0.908. The predicted octanol–water partition coefficient (Wildman–Crippen LogP) is 0.441. The number of halogens is 1. The summed E-state index contributed by atoms with van der Waals surface area (Å²) in [5.74, 6) is 0. The van der Waals surface area contributed by atoms with Crippen LogP contribution in [0.2, 0.25) is 0 Å². The summed E-state index contributed by atoms with van der Waals surface area (Å²) in [6.07, 6.45) is 0. The third kappa shape index (κ3) is 5.96. The number of nitrogens with one attached hydrogen (secondary N) is 2. The largest absolute Gasteiger partial charge is 0.316 e. The first-order chi connectivity index (χ1) is 5.74.